The summed E-state index contributed by atoms with van der Waals surface area (Å²) in [6.45, 7) is 4.13. The van der Waals surface area contributed by atoms with Gasteiger partial charge in [-0.2, -0.15) is 5.10 Å². The molecule has 0 fully saturated rings. The molecule has 0 atom stereocenters. The van der Waals surface area contributed by atoms with Crippen molar-refractivity contribution in [3.05, 3.63) is 81.6 Å². The zero-order valence-corrected chi connectivity index (χ0v) is 18.7. The van der Waals surface area contributed by atoms with Gasteiger partial charge in [-0.1, -0.05) is 60.5 Å². The van der Waals surface area contributed by atoms with Crippen molar-refractivity contribution >= 4 is 52.5 Å². The molecule has 0 unspecified atom stereocenters. The number of benzene rings is 2. The number of aromatic nitrogens is 2. The molecule has 1 aromatic heterocycles. The SMILES string of the molecule is CCC(=O)Nc1ccc(Cl)c(NC(=O)/C=C/c2c(C)nn(Cc3ccccc3)c2Cl)c1. The Morgan fingerprint density at radius 2 is 1.84 bits per heavy atom. The molecule has 0 aliphatic carbocycles. The predicted octanol–water partition coefficient (Wildman–Crippen LogP) is 5.55. The van der Waals surface area contributed by atoms with Gasteiger partial charge in [-0.05, 0) is 36.8 Å². The first-order valence-electron chi connectivity index (χ1n) is 9.72. The Morgan fingerprint density at radius 1 is 1.10 bits per heavy atom. The minimum atomic E-state index is -0.382. The van der Waals surface area contributed by atoms with Crippen molar-refractivity contribution in [2.75, 3.05) is 10.6 Å². The van der Waals surface area contributed by atoms with E-state index in [1.54, 1.807) is 35.9 Å². The zero-order chi connectivity index (χ0) is 22.4. The molecule has 8 heteroatoms. The van der Waals surface area contributed by atoms with Crippen molar-refractivity contribution < 1.29 is 9.59 Å². The molecule has 6 nitrogen and oxygen atoms in total. The van der Waals surface area contributed by atoms with E-state index in [-0.39, 0.29) is 11.8 Å². The van der Waals surface area contributed by atoms with E-state index in [2.05, 4.69) is 15.7 Å². The van der Waals surface area contributed by atoms with E-state index in [1.807, 2.05) is 37.3 Å². The third-order valence-corrected chi connectivity index (χ3v) is 5.24. The summed E-state index contributed by atoms with van der Waals surface area (Å²) in [5.41, 5.74) is 3.41. The molecule has 1 heterocycles. The summed E-state index contributed by atoms with van der Waals surface area (Å²) in [4.78, 5) is 24.0. The van der Waals surface area contributed by atoms with Crippen LogP contribution in [0.4, 0.5) is 11.4 Å². The lowest BCUT2D eigenvalue weighted by atomic mass is 10.2. The normalized spacial score (nSPS) is 11.0. The highest BCUT2D eigenvalue weighted by Crippen LogP contribution is 2.26. The van der Waals surface area contributed by atoms with Crippen LogP contribution in [0.5, 0.6) is 0 Å². The monoisotopic (exact) mass is 456 g/mol. The fraction of sp³-hybridized carbons (Fsp3) is 0.174. The Morgan fingerprint density at radius 3 is 2.55 bits per heavy atom. The van der Waals surface area contributed by atoms with Gasteiger partial charge < -0.3 is 10.6 Å². The average Bonchev–Trinajstić information content (AvgIpc) is 3.02. The molecule has 0 saturated carbocycles. The first kappa shape index (κ1) is 22.6. The van der Waals surface area contributed by atoms with Gasteiger partial charge in [0.1, 0.15) is 5.15 Å². The Bertz CT molecular complexity index is 1120. The van der Waals surface area contributed by atoms with Gasteiger partial charge in [0.2, 0.25) is 11.8 Å². The van der Waals surface area contributed by atoms with Gasteiger partial charge in [0.15, 0.2) is 0 Å². The summed E-state index contributed by atoms with van der Waals surface area (Å²) in [6, 6.07) is 14.8. The minimum Gasteiger partial charge on any atom is -0.326 e. The standard InChI is InChI=1S/C23H22Cl2N4O2/c1-3-21(30)26-17-9-11-19(24)20(13-17)27-22(31)12-10-18-15(2)28-29(23(18)25)14-16-7-5-4-6-8-16/h4-13H,3,14H2,1-2H3,(H,26,30)(H,27,31)/b12-10+. The third kappa shape index (κ3) is 5.96. The Hall–Kier alpha value is -3.09. The smallest absolute Gasteiger partial charge is 0.248 e. The second-order valence-electron chi connectivity index (χ2n) is 6.85. The van der Waals surface area contributed by atoms with E-state index in [0.717, 1.165) is 5.56 Å². The number of hydrogen-bond donors (Lipinski definition) is 2. The molecule has 0 saturated heterocycles. The summed E-state index contributed by atoms with van der Waals surface area (Å²) >= 11 is 12.7. The fourth-order valence-electron chi connectivity index (χ4n) is 2.90. The second kappa shape index (κ2) is 10.3. The van der Waals surface area contributed by atoms with Crippen LogP contribution in [-0.4, -0.2) is 21.6 Å². The molecule has 0 spiro atoms. The average molecular weight is 457 g/mol. The zero-order valence-electron chi connectivity index (χ0n) is 17.2. The van der Waals surface area contributed by atoms with Crippen LogP contribution in [0.1, 0.15) is 30.2 Å². The maximum Gasteiger partial charge on any atom is 0.248 e. The summed E-state index contributed by atoms with van der Waals surface area (Å²) in [6.07, 6.45) is 3.35. The van der Waals surface area contributed by atoms with E-state index in [1.165, 1.54) is 6.08 Å². The number of anilines is 2. The summed E-state index contributed by atoms with van der Waals surface area (Å²) < 4.78 is 1.69. The van der Waals surface area contributed by atoms with Crippen molar-refractivity contribution in [1.82, 2.24) is 9.78 Å². The Balaban J connectivity index is 1.72. The molecule has 0 bridgehead atoms. The largest absolute Gasteiger partial charge is 0.326 e. The second-order valence-corrected chi connectivity index (χ2v) is 7.62. The maximum atomic E-state index is 12.4. The van der Waals surface area contributed by atoms with Gasteiger partial charge in [0.25, 0.3) is 0 Å². The summed E-state index contributed by atoms with van der Waals surface area (Å²) in [5, 5.41) is 10.7. The van der Waals surface area contributed by atoms with Crippen LogP contribution >= 0.6 is 23.2 Å². The van der Waals surface area contributed by atoms with Gasteiger partial charge in [0, 0.05) is 23.7 Å². The molecule has 160 valence electrons. The summed E-state index contributed by atoms with van der Waals surface area (Å²) in [7, 11) is 0. The minimum absolute atomic E-state index is 0.128. The molecule has 2 N–H and O–H groups in total. The van der Waals surface area contributed by atoms with Crippen LogP contribution in [-0.2, 0) is 16.1 Å². The van der Waals surface area contributed by atoms with Gasteiger partial charge >= 0.3 is 0 Å². The quantitative estimate of drug-likeness (QED) is 0.457. The molecule has 0 aliphatic heterocycles. The molecular weight excluding hydrogens is 435 g/mol. The Labute approximate surface area is 190 Å². The molecule has 3 rings (SSSR count). The van der Waals surface area contributed by atoms with Crippen LogP contribution in [0.15, 0.2) is 54.6 Å². The molecule has 3 aromatic rings. The number of carbonyl (C=O) groups is 2. The van der Waals surface area contributed by atoms with Crippen molar-refractivity contribution in [3.63, 3.8) is 0 Å². The first-order valence-corrected chi connectivity index (χ1v) is 10.5. The first-order chi connectivity index (χ1) is 14.9. The van der Waals surface area contributed by atoms with Crippen LogP contribution in [0.2, 0.25) is 10.2 Å². The molecular formula is C23H22Cl2N4O2. The highest BCUT2D eigenvalue weighted by atomic mass is 35.5. The van der Waals surface area contributed by atoms with Crippen molar-refractivity contribution in [2.45, 2.75) is 26.8 Å². The number of carbonyl (C=O) groups excluding carboxylic acids is 2. The lowest BCUT2D eigenvalue weighted by molar-refractivity contribution is -0.116. The van der Waals surface area contributed by atoms with Crippen LogP contribution in [0.25, 0.3) is 6.08 Å². The number of nitrogens with zero attached hydrogens (tertiary/aromatic N) is 2. The van der Waals surface area contributed by atoms with Crippen molar-refractivity contribution in [2.24, 2.45) is 0 Å². The number of nitrogens with one attached hydrogen (secondary N) is 2. The van der Waals surface area contributed by atoms with Crippen LogP contribution in [0.3, 0.4) is 0 Å². The van der Waals surface area contributed by atoms with Crippen LogP contribution in [0, 0.1) is 6.92 Å². The Kier molecular flexibility index (Phi) is 7.50. The highest BCUT2D eigenvalue weighted by Gasteiger charge is 2.12. The number of amides is 2. The molecule has 0 aliphatic rings. The van der Waals surface area contributed by atoms with Gasteiger partial charge in [-0.3, -0.25) is 9.59 Å². The lowest BCUT2D eigenvalue weighted by Gasteiger charge is -2.09. The van der Waals surface area contributed by atoms with Gasteiger partial charge in [-0.25, -0.2) is 4.68 Å². The van der Waals surface area contributed by atoms with E-state index in [0.29, 0.717) is 45.8 Å². The summed E-state index contributed by atoms with van der Waals surface area (Å²) in [5.74, 6) is -0.510. The number of halogens is 2. The van der Waals surface area contributed by atoms with E-state index >= 15 is 0 Å². The molecule has 2 amide bonds. The van der Waals surface area contributed by atoms with Gasteiger partial charge in [0.05, 0.1) is 22.9 Å². The molecule has 31 heavy (non-hydrogen) atoms. The van der Waals surface area contributed by atoms with Crippen molar-refractivity contribution in [3.8, 4) is 0 Å². The number of aryl methyl sites for hydroxylation is 1. The molecule has 0 radical (unpaired) electrons. The highest BCUT2D eigenvalue weighted by molar-refractivity contribution is 6.34. The third-order valence-electron chi connectivity index (χ3n) is 4.52. The number of hydrogen-bond acceptors (Lipinski definition) is 3. The molecule has 2 aromatic carbocycles. The lowest BCUT2D eigenvalue weighted by Crippen LogP contribution is -2.11. The van der Waals surface area contributed by atoms with Gasteiger partial charge in [-0.15, -0.1) is 0 Å². The van der Waals surface area contributed by atoms with E-state index in [9.17, 15) is 9.59 Å². The number of rotatable bonds is 7. The van der Waals surface area contributed by atoms with Crippen LogP contribution < -0.4 is 10.6 Å². The van der Waals surface area contributed by atoms with E-state index < -0.39 is 0 Å². The topological polar surface area (TPSA) is 76.0 Å². The van der Waals surface area contributed by atoms with E-state index in [4.69, 9.17) is 23.2 Å². The maximum absolute atomic E-state index is 12.4. The predicted molar refractivity (Wildman–Crippen MR) is 126 cm³/mol. The fourth-order valence-corrected chi connectivity index (χ4v) is 3.36. The van der Waals surface area contributed by atoms with Crippen molar-refractivity contribution in [1.29, 1.82) is 0 Å².